The molecule has 1 aliphatic heterocycles. The molecule has 3 amide bonds. The quantitative estimate of drug-likeness (QED) is 0.673. The standard InChI is InChI=1S/C10H19N3O2/c1-10(8(14)11-2)5-6-13(7-10)9(15)12(3)4/h5-7H2,1-4H3,(H,11,14). The summed E-state index contributed by atoms with van der Waals surface area (Å²) in [5.41, 5.74) is -0.430. The molecule has 1 rings (SSSR count). The fourth-order valence-electron chi connectivity index (χ4n) is 1.89. The zero-order chi connectivity index (χ0) is 11.6. The summed E-state index contributed by atoms with van der Waals surface area (Å²) in [6, 6.07) is -0.0253. The van der Waals surface area contributed by atoms with Crippen molar-refractivity contribution in [2.24, 2.45) is 5.41 Å². The minimum Gasteiger partial charge on any atom is -0.359 e. The Balaban J connectivity index is 2.66. The van der Waals surface area contributed by atoms with E-state index in [4.69, 9.17) is 0 Å². The van der Waals surface area contributed by atoms with Crippen LogP contribution in [-0.4, -0.2) is 56.0 Å². The van der Waals surface area contributed by atoms with Crippen LogP contribution in [0.3, 0.4) is 0 Å². The normalized spacial score (nSPS) is 25.2. The predicted octanol–water partition coefficient (Wildman–Crippen LogP) is 0.126. The van der Waals surface area contributed by atoms with Crippen LogP contribution in [0.25, 0.3) is 0 Å². The van der Waals surface area contributed by atoms with E-state index in [9.17, 15) is 9.59 Å². The van der Waals surface area contributed by atoms with Gasteiger partial charge in [-0.2, -0.15) is 0 Å². The van der Waals surface area contributed by atoms with E-state index in [1.807, 2.05) is 6.92 Å². The van der Waals surface area contributed by atoms with Crippen LogP contribution >= 0.6 is 0 Å². The third kappa shape index (κ3) is 2.22. The topological polar surface area (TPSA) is 52.7 Å². The molecular weight excluding hydrogens is 194 g/mol. The number of rotatable bonds is 1. The van der Waals surface area contributed by atoms with Crippen molar-refractivity contribution in [2.75, 3.05) is 34.2 Å². The molecule has 1 N–H and O–H groups in total. The molecule has 0 aromatic carbocycles. The third-order valence-electron chi connectivity index (χ3n) is 2.90. The lowest BCUT2D eigenvalue weighted by Crippen LogP contribution is -2.42. The maximum atomic E-state index is 11.7. The van der Waals surface area contributed by atoms with Gasteiger partial charge in [0.15, 0.2) is 0 Å². The average Bonchev–Trinajstić information content (AvgIpc) is 2.59. The summed E-state index contributed by atoms with van der Waals surface area (Å²) in [5, 5.41) is 2.65. The number of urea groups is 1. The molecule has 0 saturated carbocycles. The lowest BCUT2D eigenvalue weighted by atomic mass is 9.89. The van der Waals surface area contributed by atoms with Gasteiger partial charge in [-0.05, 0) is 13.3 Å². The van der Waals surface area contributed by atoms with Gasteiger partial charge >= 0.3 is 6.03 Å². The lowest BCUT2D eigenvalue weighted by Gasteiger charge is -2.24. The molecule has 1 saturated heterocycles. The van der Waals surface area contributed by atoms with Crippen LogP contribution in [0.1, 0.15) is 13.3 Å². The Hall–Kier alpha value is -1.26. The fraction of sp³-hybridized carbons (Fsp3) is 0.800. The van der Waals surface area contributed by atoms with Gasteiger partial charge < -0.3 is 15.1 Å². The smallest absolute Gasteiger partial charge is 0.319 e. The first-order chi connectivity index (χ1) is 6.90. The molecule has 0 bridgehead atoms. The zero-order valence-electron chi connectivity index (χ0n) is 9.83. The largest absolute Gasteiger partial charge is 0.359 e. The minimum absolute atomic E-state index is 0.0107. The second kappa shape index (κ2) is 4.08. The van der Waals surface area contributed by atoms with Crippen molar-refractivity contribution in [3.63, 3.8) is 0 Å². The molecule has 1 fully saturated rings. The Morgan fingerprint density at radius 3 is 2.47 bits per heavy atom. The van der Waals surface area contributed by atoms with Crippen LogP contribution in [0.2, 0.25) is 0 Å². The highest BCUT2D eigenvalue weighted by atomic mass is 16.2. The first-order valence-corrected chi connectivity index (χ1v) is 5.09. The highest BCUT2D eigenvalue weighted by molar-refractivity contribution is 5.84. The Morgan fingerprint density at radius 1 is 1.40 bits per heavy atom. The summed E-state index contributed by atoms with van der Waals surface area (Å²) in [6.45, 7) is 3.05. The van der Waals surface area contributed by atoms with Gasteiger partial charge in [0.2, 0.25) is 5.91 Å². The van der Waals surface area contributed by atoms with Gasteiger partial charge in [0.1, 0.15) is 0 Å². The molecule has 15 heavy (non-hydrogen) atoms. The Morgan fingerprint density at radius 2 is 2.00 bits per heavy atom. The molecule has 1 aliphatic rings. The van der Waals surface area contributed by atoms with Crippen molar-refractivity contribution < 1.29 is 9.59 Å². The SMILES string of the molecule is CNC(=O)C1(C)CCN(C(=O)N(C)C)C1. The van der Waals surface area contributed by atoms with Crippen LogP contribution in [0.15, 0.2) is 0 Å². The maximum Gasteiger partial charge on any atom is 0.319 e. The molecule has 86 valence electrons. The maximum absolute atomic E-state index is 11.7. The molecule has 0 aromatic rings. The van der Waals surface area contributed by atoms with Crippen molar-refractivity contribution in [1.82, 2.24) is 15.1 Å². The van der Waals surface area contributed by atoms with Gasteiger partial charge in [-0.3, -0.25) is 4.79 Å². The van der Waals surface area contributed by atoms with Gasteiger partial charge in [-0.15, -0.1) is 0 Å². The van der Waals surface area contributed by atoms with Crippen molar-refractivity contribution >= 4 is 11.9 Å². The summed E-state index contributed by atoms with van der Waals surface area (Å²) in [5.74, 6) is 0.0107. The second-order valence-corrected chi connectivity index (χ2v) is 4.49. The van der Waals surface area contributed by atoms with Crippen LogP contribution in [0.5, 0.6) is 0 Å². The molecule has 1 atom stereocenters. The summed E-state index contributed by atoms with van der Waals surface area (Å²) >= 11 is 0. The van der Waals surface area contributed by atoms with Gasteiger partial charge in [-0.25, -0.2) is 4.79 Å². The molecule has 0 aliphatic carbocycles. The predicted molar refractivity (Wildman–Crippen MR) is 57.4 cm³/mol. The van der Waals surface area contributed by atoms with E-state index >= 15 is 0 Å². The number of hydrogen-bond acceptors (Lipinski definition) is 2. The summed E-state index contributed by atoms with van der Waals surface area (Å²) in [6.07, 6.45) is 0.728. The number of likely N-dealkylation sites (tertiary alicyclic amines) is 1. The first-order valence-electron chi connectivity index (χ1n) is 5.09. The molecule has 0 aromatic heterocycles. The molecule has 0 spiro atoms. The van der Waals surface area contributed by atoms with Crippen molar-refractivity contribution in [3.05, 3.63) is 0 Å². The molecule has 1 unspecified atom stereocenters. The van der Waals surface area contributed by atoms with E-state index in [1.54, 1.807) is 26.0 Å². The van der Waals surface area contributed by atoms with Crippen molar-refractivity contribution in [3.8, 4) is 0 Å². The molecule has 5 heteroatoms. The van der Waals surface area contributed by atoms with E-state index in [-0.39, 0.29) is 11.9 Å². The first kappa shape index (κ1) is 11.8. The van der Waals surface area contributed by atoms with Gasteiger partial charge in [-0.1, -0.05) is 0 Å². The molecular formula is C10H19N3O2. The zero-order valence-corrected chi connectivity index (χ0v) is 9.83. The molecule has 0 radical (unpaired) electrons. The molecule has 5 nitrogen and oxygen atoms in total. The van der Waals surface area contributed by atoms with Crippen LogP contribution in [0, 0.1) is 5.41 Å². The van der Waals surface area contributed by atoms with Crippen molar-refractivity contribution in [2.45, 2.75) is 13.3 Å². The number of nitrogens with zero attached hydrogens (tertiary/aromatic N) is 2. The fourth-order valence-corrected chi connectivity index (χ4v) is 1.89. The highest BCUT2D eigenvalue weighted by Gasteiger charge is 2.41. The van der Waals surface area contributed by atoms with Crippen LogP contribution in [-0.2, 0) is 4.79 Å². The number of hydrogen-bond donors (Lipinski definition) is 1. The van der Waals surface area contributed by atoms with E-state index < -0.39 is 5.41 Å². The number of carbonyl (C=O) groups excluding carboxylic acids is 2. The van der Waals surface area contributed by atoms with Crippen LogP contribution in [0.4, 0.5) is 4.79 Å². The van der Waals surface area contributed by atoms with E-state index in [2.05, 4.69) is 5.32 Å². The summed E-state index contributed by atoms with van der Waals surface area (Å²) < 4.78 is 0. The Labute approximate surface area is 90.4 Å². The van der Waals surface area contributed by atoms with Gasteiger partial charge in [0.25, 0.3) is 0 Å². The van der Waals surface area contributed by atoms with E-state index in [1.165, 1.54) is 4.90 Å². The lowest BCUT2D eigenvalue weighted by molar-refractivity contribution is -0.128. The summed E-state index contributed by atoms with van der Waals surface area (Å²) in [4.78, 5) is 26.5. The van der Waals surface area contributed by atoms with Crippen molar-refractivity contribution in [1.29, 1.82) is 0 Å². The second-order valence-electron chi connectivity index (χ2n) is 4.49. The number of amides is 3. The van der Waals surface area contributed by atoms with Gasteiger partial charge in [0.05, 0.1) is 5.41 Å². The van der Waals surface area contributed by atoms with E-state index in [0.29, 0.717) is 13.1 Å². The monoisotopic (exact) mass is 213 g/mol. The molecule has 1 heterocycles. The third-order valence-corrected chi connectivity index (χ3v) is 2.90. The van der Waals surface area contributed by atoms with E-state index in [0.717, 1.165) is 6.42 Å². The Bertz CT molecular complexity index is 278. The summed E-state index contributed by atoms with van der Waals surface area (Å²) in [7, 11) is 5.07. The van der Waals surface area contributed by atoms with Gasteiger partial charge in [0, 0.05) is 34.2 Å². The number of carbonyl (C=O) groups is 2. The van der Waals surface area contributed by atoms with Crippen LogP contribution < -0.4 is 5.32 Å². The number of nitrogens with one attached hydrogen (secondary N) is 1. The average molecular weight is 213 g/mol. The minimum atomic E-state index is -0.430. The highest BCUT2D eigenvalue weighted by Crippen LogP contribution is 2.30. The Kier molecular flexibility index (Phi) is 3.21.